The molecule has 5 aromatic rings. The van der Waals surface area contributed by atoms with Crippen LogP contribution in [0.2, 0.25) is 0 Å². The number of nitrogens with zero attached hydrogens (tertiary/aromatic N) is 2. The van der Waals surface area contributed by atoms with E-state index in [9.17, 15) is 9.18 Å². The van der Waals surface area contributed by atoms with E-state index >= 15 is 0 Å². The second-order valence-electron chi connectivity index (χ2n) is 8.94. The normalized spacial score (nSPS) is 16.9. The summed E-state index contributed by atoms with van der Waals surface area (Å²) in [6.45, 7) is 4.18. The highest BCUT2D eigenvalue weighted by Crippen LogP contribution is 2.34. The first kappa shape index (κ1) is 22.4. The monoisotopic (exact) mass is 484 g/mol. The predicted octanol–water partition coefficient (Wildman–Crippen LogP) is 4.44. The molecule has 0 aliphatic carbocycles. The van der Waals surface area contributed by atoms with Crippen LogP contribution in [0.4, 0.5) is 10.1 Å². The van der Waals surface area contributed by atoms with Gasteiger partial charge in [-0.25, -0.2) is 9.37 Å². The number of nitrogens with one attached hydrogen (secondary N) is 4. The third-order valence-electron chi connectivity index (χ3n) is 6.51. The van der Waals surface area contributed by atoms with Gasteiger partial charge in [0.25, 0.3) is 5.56 Å². The van der Waals surface area contributed by atoms with Crippen molar-refractivity contribution in [2.45, 2.75) is 19.1 Å². The smallest absolute Gasteiger partial charge is 0.261 e. The molecule has 1 fully saturated rings. The summed E-state index contributed by atoms with van der Waals surface area (Å²) in [6, 6.07) is 15.6. The number of fused-ring (bicyclic) bond motifs is 2. The molecule has 1 aliphatic heterocycles. The second-order valence-corrected chi connectivity index (χ2v) is 8.94. The Bertz CT molecular complexity index is 1610. The lowest BCUT2D eigenvalue weighted by atomic mass is 10.1. The van der Waals surface area contributed by atoms with E-state index in [-0.39, 0.29) is 17.7 Å². The van der Waals surface area contributed by atoms with Gasteiger partial charge in [-0.1, -0.05) is 12.1 Å². The van der Waals surface area contributed by atoms with E-state index in [0.29, 0.717) is 34.6 Å². The minimum absolute atomic E-state index is 0.0432. The van der Waals surface area contributed by atoms with Gasteiger partial charge >= 0.3 is 0 Å². The molecule has 3 aromatic heterocycles. The van der Waals surface area contributed by atoms with Crippen molar-refractivity contribution in [2.24, 2.45) is 0 Å². The van der Waals surface area contributed by atoms with Crippen LogP contribution >= 0.6 is 0 Å². The van der Waals surface area contributed by atoms with E-state index in [2.05, 4.69) is 25.6 Å². The molecule has 0 saturated carbocycles. The van der Waals surface area contributed by atoms with Gasteiger partial charge < -0.3 is 25.3 Å². The molecule has 182 valence electrons. The molecular weight excluding hydrogens is 459 g/mol. The minimum Gasteiger partial charge on any atom is -0.376 e. The average Bonchev–Trinajstić information content (AvgIpc) is 3.33. The molecule has 9 heteroatoms. The number of pyridine rings is 2. The second kappa shape index (κ2) is 9.18. The zero-order valence-corrected chi connectivity index (χ0v) is 19.6. The largest absolute Gasteiger partial charge is 0.376 e. The predicted molar refractivity (Wildman–Crippen MR) is 137 cm³/mol. The number of halogens is 1. The number of hydrogen-bond acceptors (Lipinski definition) is 6. The highest BCUT2D eigenvalue weighted by molar-refractivity contribution is 5.99. The molecule has 36 heavy (non-hydrogen) atoms. The number of aromatic nitrogens is 4. The molecule has 4 heterocycles. The highest BCUT2D eigenvalue weighted by atomic mass is 19.1. The van der Waals surface area contributed by atoms with Crippen molar-refractivity contribution in [3.05, 3.63) is 88.2 Å². The maximum Gasteiger partial charge on any atom is 0.261 e. The number of H-pyrrole nitrogens is 2. The molecule has 2 aromatic carbocycles. The number of anilines is 1. The lowest BCUT2D eigenvalue weighted by Crippen LogP contribution is -2.33. The quantitative estimate of drug-likeness (QED) is 0.294. The highest BCUT2D eigenvalue weighted by Gasteiger charge is 2.22. The van der Waals surface area contributed by atoms with Gasteiger partial charge in [-0.3, -0.25) is 9.78 Å². The minimum atomic E-state index is -0.399. The lowest BCUT2D eigenvalue weighted by molar-refractivity contribution is 0.0278. The number of ether oxygens (including phenoxy) is 1. The summed E-state index contributed by atoms with van der Waals surface area (Å²) in [7, 11) is 0. The van der Waals surface area contributed by atoms with Crippen molar-refractivity contribution in [2.75, 3.05) is 25.0 Å². The summed E-state index contributed by atoms with van der Waals surface area (Å²) >= 11 is 0. The molecular formula is C27H25FN6O2. The average molecular weight is 485 g/mol. The molecule has 0 radical (unpaired) electrons. The number of morpholine rings is 1. The Hall–Kier alpha value is -4.08. The van der Waals surface area contributed by atoms with Gasteiger partial charge in [0, 0.05) is 24.7 Å². The van der Waals surface area contributed by atoms with Crippen LogP contribution in [-0.2, 0) is 4.74 Å². The maximum atomic E-state index is 14.3. The van der Waals surface area contributed by atoms with E-state index in [4.69, 9.17) is 9.72 Å². The van der Waals surface area contributed by atoms with Gasteiger partial charge in [-0.15, -0.1) is 0 Å². The van der Waals surface area contributed by atoms with Crippen LogP contribution in [0.3, 0.4) is 0 Å². The van der Waals surface area contributed by atoms with Crippen LogP contribution in [-0.4, -0.2) is 39.6 Å². The van der Waals surface area contributed by atoms with E-state index in [0.717, 1.165) is 35.4 Å². The van der Waals surface area contributed by atoms with Crippen LogP contribution in [0.15, 0.2) is 65.6 Å². The Labute approximate surface area is 206 Å². The summed E-state index contributed by atoms with van der Waals surface area (Å²) in [6.07, 6.45) is 1.67. The molecule has 4 N–H and O–H groups in total. The Balaban J connectivity index is 1.49. The Morgan fingerprint density at radius 3 is 2.83 bits per heavy atom. The number of rotatable bonds is 5. The topological polar surface area (TPSA) is 108 Å². The van der Waals surface area contributed by atoms with Crippen molar-refractivity contribution in [3.63, 3.8) is 0 Å². The van der Waals surface area contributed by atoms with Crippen molar-refractivity contribution >= 4 is 27.6 Å². The van der Waals surface area contributed by atoms with Gasteiger partial charge in [0.2, 0.25) is 0 Å². The first-order valence-corrected chi connectivity index (χ1v) is 11.9. The van der Waals surface area contributed by atoms with Crippen LogP contribution in [0, 0.1) is 5.82 Å². The number of aromatic amines is 2. The summed E-state index contributed by atoms with van der Waals surface area (Å²) < 4.78 is 20.2. The number of imidazole rings is 1. The fourth-order valence-corrected chi connectivity index (χ4v) is 4.69. The zero-order chi connectivity index (χ0) is 24.6. The van der Waals surface area contributed by atoms with Crippen molar-refractivity contribution in [3.8, 4) is 11.4 Å². The summed E-state index contributed by atoms with van der Waals surface area (Å²) in [5.74, 6) is -0.00246. The number of hydrogen-bond donors (Lipinski definition) is 4. The van der Waals surface area contributed by atoms with Crippen LogP contribution in [0.5, 0.6) is 0 Å². The molecule has 0 bridgehead atoms. The van der Waals surface area contributed by atoms with Crippen LogP contribution in [0.1, 0.15) is 30.3 Å². The Morgan fingerprint density at radius 2 is 2.03 bits per heavy atom. The van der Waals surface area contributed by atoms with Crippen LogP contribution < -0.4 is 16.2 Å². The van der Waals surface area contributed by atoms with Gasteiger partial charge in [0.15, 0.2) is 0 Å². The number of benzene rings is 2. The third kappa shape index (κ3) is 4.12. The van der Waals surface area contributed by atoms with E-state index in [1.54, 1.807) is 12.3 Å². The molecule has 6 rings (SSSR count). The Kier molecular flexibility index (Phi) is 5.71. The Morgan fingerprint density at radius 1 is 1.11 bits per heavy atom. The van der Waals surface area contributed by atoms with Crippen molar-refractivity contribution in [1.29, 1.82) is 0 Å². The maximum absolute atomic E-state index is 14.3. The van der Waals surface area contributed by atoms with Gasteiger partial charge in [0.1, 0.15) is 17.2 Å². The molecule has 2 atom stereocenters. The van der Waals surface area contributed by atoms with E-state index < -0.39 is 5.82 Å². The van der Waals surface area contributed by atoms with Gasteiger partial charge in [0.05, 0.1) is 46.7 Å². The molecule has 1 unspecified atom stereocenters. The van der Waals surface area contributed by atoms with Crippen LogP contribution in [0.25, 0.3) is 33.3 Å². The molecule has 0 amide bonds. The molecule has 1 saturated heterocycles. The fraction of sp³-hybridized carbons (Fsp3) is 0.222. The summed E-state index contributed by atoms with van der Waals surface area (Å²) in [4.78, 5) is 28.7. The SMILES string of the molecule is CC(Nc1c(-c2nc3ccc([C@H]4CNCCO4)cc3[nH]2)c(=O)[nH]c2ccc(F)cc12)c1ccccn1. The van der Waals surface area contributed by atoms with Gasteiger partial charge in [-0.2, -0.15) is 0 Å². The summed E-state index contributed by atoms with van der Waals surface area (Å²) in [5, 5.41) is 7.30. The van der Waals surface area contributed by atoms with Crippen molar-refractivity contribution < 1.29 is 9.13 Å². The van der Waals surface area contributed by atoms with Gasteiger partial charge in [-0.05, 0) is 55.0 Å². The lowest BCUT2D eigenvalue weighted by Gasteiger charge is -2.23. The van der Waals surface area contributed by atoms with E-state index in [1.165, 1.54) is 12.1 Å². The fourth-order valence-electron chi connectivity index (χ4n) is 4.69. The van der Waals surface area contributed by atoms with Crippen molar-refractivity contribution in [1.82, 2.24) is 25.3 Å². The van der Waals surface area contributed by atoms with E-state index in [1.807, 2.05) is 43.3 Å². The summed E-state index contributed by atoms with van der Waals surface area (Å²) in [5.41, 5.74) is 4.34. The first-order chi connectivity index (χ1) is 17.6. The molecule has 0 spiro atoms. The molecule has 8 nitrogen and oxygen atoms in total. The third-order valence-corrected chi connectivity index (χ3v) is 6.51. The zero-order valence-electron chi connectivity index (χ0n) is 19.6. The standard InChI is InChI=1S/C27H25FN6O2/c1-15(19-4-2-3-9-30-19)31-25-18-13-17(28)6-8-20(18)34-27(35)24(25)26-32-21-7-5-16(12-22(21)33-26)23-14-29-10-11-36-23/h2-9,12-13,15,23,29H,10-11,14H2,1H3,(H,32,33)(H2,31,34,35)/t15?,23-/m1/s1. The first-order valence-electron chi connectivity index (χ1n) is 11.9. The molecule has 1 aliphatic rings.